The molecular weight excluding hydrogens is 557 g/mol. The number of β-amino-alcohol motifs (C(OH)–C–C–N with tert-alkyl or cyclic N) is 1. The minimum Gasteiger partial charge on any atom is -0.391 e. The van der Waals surface area contributed by atoms with Crippen LogP contribution in [0.5, 0.6) is 0 Å². The van der Waals surface area contributed by atoms with Gasteiger partial charge in [0.15, 0.2) is 5.69 Å². The van der Waals surface area contributed by atoms with E-state index in [2.05, 4.69) is 10.3 Å². The third kappa shape index (κ3) is 5.87. The molecule has 1 unspecified atom stereocenters. The number of likely N-dealkylation sites (tertiary alicyclic amines) is 1. The third-order valence-corrected chi connectivity index (χ3v) is 8.48. The van der Waals surface area contributed by atoms with E-state index in [-0.39, 0.29) is 42.1 Å². The van der Waals surface area contributed by atoms with E-state index in [9.17, 15) is 33.0 Å². The molecule has 3 N–H and O–H groups in total. The predicted molar refractivity (Wildman–Crippen MR) is 146 cm³/mol. The van der Waals surface area contributed by atoms with E-state index >= 15 is 0 Å². The summed E-state index contributed by atoms with van der Waals surface area (Å²) in [4.78, 5) is 33.5. The van der Waals surface area contributed by atoms with Crippen molar-refractivity contribution >= 4 is 23.2 Å². The SMILES string of the molecule is CC(C)[C@@H](C(=O)N1C[C@H](O)C[C@H]1C(O)NCc1ccc(-c2scnc2C(F)(F)F)cc1)N1Cc2ccccc2C1=O. The van der Waals surface area contributed by atoms with Crippen molar-refractivity contribution in [2.45, 2.75) is 63.9 Å². The Bertz CT molecular complexity index is 1410. The first-order valence-electron chi connectivity index (χ1n) is 13.3. The second-order valence-corrected chi connectivity index (χ2v) is 11.6. The zero-order chi connectivity index (χ0) is 29.5. The van der Waals surface area contributed by atoms with Gasteiger partial charge in [0, 0.05) is 25.2 Å². The van der Waals surface area contributed by atoms with E-state index in [1.165, 1.54) is 4.90 Å². The van der Waals surface area contributed by atoms with E-state index < -0.39 is 36.3 Å². The molecule has 0 aliphatic carbocycles. The zero-order valence-corrected chi connectivity index (χ0v) is 23.3. The number of amides is 2. The molecular formula is C29H31F3N4O4S. The zero-order valence-electron chi connectivity index (χ0n) is 22.5. The quantitative estimate of drug-likeness (QED) is 0.345. The van der Waals surface area contributed by atoms with Crippen molar-refractivity contribution in [2.24, 2.45) is 5.92 Å². The number of alkyl halides is 3. The standard InChI is InChI=1S/C29H31F3N4O4S/c1-16(2)23(36-13-19-5-3-4-6-21(19)27(36)39)28(40)35-14-20(37)11-22(35)26(38)33-12-17-7-9-18(10-8-17)24-25(29(30,31)32)34-15-41-24/h3-10,15-16,20,22-23,26,33,37-38H,11-14H2,1-2H3/t20-,22+,23+,26?/m1/s1. The molecule has 2 aliphatic heterocycles. The number of nitrogens with zero attached hydrogens (tertiary/aromatic N) is 3. The van der Waals surface area contributed by atoms with Crippen LogP contribution >= 0.6 is 11.3 Å². The lowest BCUT2D eigenvalue weighted by Gasteiger charge is -2.36. The van der Waals surface area contributed by atoms with Crippen molar-refractivity contribution < 1.29 is 33.0 Å². The number of rotatable bonds is 8. The summed E-state index contributed by atoms with van der Waals surface area (Å²) in [5.41, 5.74) is 2.76. The number of carbonyl (C=O) groups excluding carboxylic acids is 2. The van der Waals surface area contributed by atoms with Crippen LogP contribution in [0.3, 0.4) is 0 Å². The summed E-state index contributed by atoms with van der Waals surface area (Å²) >= 11 is 0.911. The third-order valence-electron chi connectivity index (χ3n) is 7.61. The minimum atomic E-state index is -4.55. The number of hydrogen-bond acceptors (Lipinski definition) is 7. The Kier molecular flexibility index (Phi) is 8.20. The lowest BCUT2D eigenvalue weighted by molar-refractivity contribution is -0.141. The normalized spacial score (nSPS) is 20.5. The van der Waals surface area contributed by atoms with Crippen LogP contribution < -0.4 is 5.32 Å². The molecule has 1 aromatic heterocycles. The Morgan fingerprint density at radius 2 is 1.88 bits per heavy atom. The van der Waals surface area contributed by atoms with Crippen LogP contribution in [0.4, 0.5) is 13.2 Å². The number of benzene rings is 2. The molecule has 12 heteroatoms. The number of aromatic nitrogens is 1. The maximum Gasteiger partial charge on any atom is 0.434 e. The molecule has 2 aliphatic rings. The first-order chi connectivity index (χ1) is 19.5. The molecule has 2 amide bonds. The van der Waals surface area contributed by atoms with Crippen molar-refractivity contribution in [1.82, 2.24) is 20.1 Å². The molecule has 1 saturated heterocycles. The summed E-state index contributed by atoms with van der Waals surface area (Å²) in [6, 6.07) is 12.2. The molecule has 0 bridgehead atoms. The van der Waals surface area contributed by atoms with Crippen LogP contribution in [-0.2, 0) is 24.1 Å². The molecule has 0 radical (unpaired) electrons. The van der Waals surface area contributed by atoms with Crippen LogP contribution in [0.15, 0.2) is 54.0 Å². The van der Waals surface area contributed by atoms with Gasteiger partial charge in [-0.15, -0.1) is 11.3 Å². The number of halogens is 3. The van der Waals surface area contributed by atoms with E-state index in [1.54, 1.807) is 41.3 Å². The van der Waals surface area contributed by atoms with Gasteiger partial charge in [0.1, 0.15) is 12.3 Å². The number of aliphatic hydroxyl groups is 2. The number of fused-ring (bicyclic) bond motifs is 1. The van der Waals surface area contributed by atoms with Gasteiger partial charge in [-0.2, -0.15) is 13.2 Å². The van der Waals surface area contributed by atoms with Crippen LogP contribution in [0.2, 0.25) is 0 Å². The van der Waals surface area contributed by atoms with Crippen LogP contribution in [0, 0.1) is 5.92 Å². The summed E-state index contributed by atoms with van der Waals surface area (Å²) in [5.74, 6) is -0.760. The lowest BCUT2D eigenvalue weighted by atomic mass is 10.00. The minimum absolute atomic E-state index is 0.0328. The summed E-state index contributed by atoms with van der Waals surface area (Å²) in [6.45, 7) is 4.25. The van der Waals surface area contributed by atoms with Crippen LogP contribution in [0.1, 0.15) is 47.4 Å². The number of thiazole rings is 1. The fraction of sp³-hybridized carbons (Fsp3) is 0.414. The Balaban J connectivity index is 1.26. The second kappa shape index (κ2) is 11.5. The van der Waals surface area contributed by atoms with Crippen LogP contribution in [-0.4, -0.2) is 67.8 Å². The molecule has 41 heavy (non-hydrogen) atoms. The van der Waals surface area contributed by atoms with Gasteiger partial charge in [-0.1, -0.05) is 56.3 Å². The smallest absolute Gasteiger partial charge is 0.391 e. The number of carbonyl (C=O) groups is 2. The van der Waals surface area contributed by atoms with Gasteiger partial charge < -0.3 is 20.0 Å². The van der Waals surface area contributed by atoms with Gasteiger partial charge in [-0.05, 0) is 35.1 Å². The average molecular weight is 589 g/mol. The van der Waals surface area contributed by atoms with E-state index in [1.807, 2.05) is 26.0 Å². The maximum atomic E-state index is 13.9. The lowest BCUT2D eigenvalue weighted by Crippen LogP contribution is -2.56. The van der Waals surface area contributed by atoms with Crippen molar-refractivity contribution in [3.63, 3.8) is 0 Å². The number of aliphatic hydroxyl groups excluding tert-OH is 2. The highest BCUT2D eigenvalue weighted by Crippen LogP contribution is 2.38. The molecule has 1 fully saturated rings. The maximum absolute atomic E-state index is 13.9. The van der Waals surface area contributed by atoms with Gasteiger partial charge in [0.2, 0.25) is 5.91 Å². The molecule has 218 valence electrons. The van der Waals surface area contributed by atoms with E-state index in [0.29, 0.717) is 23.2 Å². The monoisotopic (exact) mass is 588 g/mol. The molecule has 3 aromatic rings. The highest BCUT2D eigenvalue weighted by molar-refractivity contribution is 7.13. The number of hydrogen-bond donors (Lipinski definition) is 3. The molecule has 3 heterocycles. The van der Waals surface area contributed by atoms with Crippen molar-refractivity contribution in [2.75, 3.05) is 6.54 Å². The second-order valence-electron chi connectivity index (χ2n) is 10.8. The van der Waals surface area contributed by atoms with Crippen molar-refractivity contribution in [3.05, 3.63) is 76.4 Å². The Morgan fingerprint density at radius 1 is 1.17 bits per heavy atom. The highest BCUT2D eigenvalue weighted by atomic mass is 32.1. The van der Waals surface area contributed by atoms with Crippen molar-refractivity contribution in [1.29, 1.82) is 0 Å². The highest BCUT2D eigenvalue weighted by Gasteiger charge is 2.45. The topological polar surface area (TPSA) is 106 Å². The van der Waals surface area contributed by atoms with Crippen molar-refractivity contribution in [3.8, 4) is 10.4 Å². The number of nitrogens with one attached hydrogen (secondary N) is 1. The fourth-order valence-corrected chi connectivity index (χ4v) is 6.45. The van der Waals surface area contributed by atoms with E-state index in [0.717, 1.165) is 22.4 Å². The van der Waals surface area contributed by atoms with Gasteiger partial charge in [-0.25, -0.2) is 4.98 Å². The van der Waals surface area contributed by atoms with E-state index in [4.69, 9.17) is 0 Å². The largest absolute Gasteiger partial charge is 0.434 e. The van der Waals surface area contributed by atoms with Gasteiger partial charge >= 0.3 is 6.18 Å². The summed E-state index contributed by atoms with van der Waals surface area (Å²) in [7, 11) is 0. The summed E-state index contributed by atoms with van der Waals surface area (Å²) in [6.07, 6.45) is -6.41. The molecule has 2 aromatic carbocycles. The Labute approximate surface area is 239 Å². The molecule has 0 spiro atoms. The summed E-state index contributed by atoms with van der Waals surface area (Å²) in [5, 5.41) is 24.4. The average Bonchev–Trinajstić information content (AvgIpc) is 3.65. The molecule has 4 atom stereocenters. The van der Waals surface area contributed by atoms with Gasteiger partial charge in [0.25, 0.3) is 5.91 Å². The molecule has 5 rings (SSSR count). The summed E-state index contributed by atoms with van der Waals surface area (Å²) < 4.78 is 39.7. The molecule has 0 saturated carbocycles. The molecule has 8 nitrogen and oxygen atoms in total. The first kappa shape index (κ1) is 29.2. The predicted octanol–water partition coefficient (Wildman–Crippen LogP) is 3.88. The Morgan fingerprint density at radius 3 is 2.54 bits per heavy atom. The van der Waals surface area contributed by atoms with Gasteiger partial charge in [-0.3, -0.25) is 14.9 Å². The van der Waals surface area contributed by atoms with Gasteiger partial charge in [0.05, 0.1) is 22.5 Å². The first-order valence-corrected chi connectivity index (χ1v) is 14.2. The fourth-order valence-electron chi connectivity index (χ4n) is 5.63. The Hall–Kier alpha value is -3.32. The van der Waals surface area contributed by atoms with Crippen LogP contribution in [0.25, 0.3) is 10.4 Å².